The second-order valence-electron chi connectivity index (χ2n) is 5.33. The Bertz CT molecular complexity index is 743. The fourth-order valence-electron chi connectivity index (χ4n) is 2.21. The molecule has 2 amide bonds. The molecule has 0 saturated carbocycles. The number of carbonyl (C=O) groups is 2. The van der Waals surface area contributed by atoms with Crippen molar-refractivity contribution in [1.29, 1.82) is 0 Å². The van der Waals surface area contributed by atoms with Crippen molar-refractivity contribution in [1.82, 2.24) is 4.90 Å². The van der Waals surface area contributed by atoms with Gasteiger partial charge in [-0.1, -0.05) is 30.1 Å². The molecular weight excluding hydrogens is 351 g/mol. The molecule has 0 aliphatic carbocycles. The van der Waals surface area contributed by atoms with E-state index in [1.807, 2.05) is 6.92 Å². The highest BCUT2D eigenvalue weighted by Crippen LogP contribution is 2.25. The number of aryl methyl sites for hydroxylation is 1. The van der Waals surface area contributed by atoms with Crippen molar-refractivity contribution in [3.05, 3.63) is 51.9 Å². The molecule has 0 atom stereocenters. The molecule has 2 aromatic rings. The summed E-state index contributed by atoms with van der Waals surface area (Å²) in [6, 6.07) is 6.50. The second-order valence-corrected chi connectivity index (χ2v) is 6.18. The van der Waals surface area contributed by atoms with Gasteiger partial charge in [0.2, 0.25) is 5.91 Å². The lowest BCUT2D eigenvalue weighted by molar-refractivity contribution is -0.116. The van der Waals surface area contributed by atoms with Crippen molar-refractivity contribution >= 4 is 40.7 Å². The van der Waals surface area contributed by atoms with Crippen LogP contribution in [0.1, 0.15) is 29.5 Å². The molecule has 0 aliphatic heterocycles. The number of hydrogen-bond donors (Lipinski definition) is 1. The van der Waals surface area contributed by atoms with Crippen LogP contribution in [-0.4, -0.2) is 29.8 Å². The fourth-order valence-corrected chi connectivity index (χ4v) is 2.67. The van der Waals surface area contributed by atoms with Crippen LogP contribution in [0.5, 0.6) is 0 Å². The number of furan rings is 1. The summed E-state index contributed by atoms with van der Waals surface area (Å²) < 4.78 is 5.23. The highest BCUT2D eigenvalue weighted by atomic mass is 35.5. The molecule has 1 aromatic carbocycles. The van der Waals surface area contributed by atoms with E-state index in [1.54, 1.807) is 31.2 Å². The summed E-state index contributed by atoms with van der Waals surface area (Å²) in [5.41, 5.74) is 1.19. The average molecular weight is 369 g/mol. The quantitative estimate of drug-likeness (QED) is 0.822. The van der Waals surface area contributed by atoms with Crippen LogP contribution in [0, 0.1) is 6.92 Å². The van der Waals surface area contributed by atoms with Gasteiger partial charge in [-0.2, -0.15) is 0 Å². The summed E-state index contributed by atoms with van der Waals surface area (Å²) in [6.45, 7) is 4.07. The predicted octanol–water partition coefficient (Wildman–Crippen LogP) is 4.39. The molecule has 0 aliphatic rings. The summed E-state index contributed by atoms with van der Waals surface area (Å²) in [6.07, 6.45) is 2.18. The van der Waals surface area contributed by atoms with Crippen molar-refractivity contribution in [2.24, 2.45) is 0 Å². The minimum atomic E-state index is -0.342. The van der Waals surface area contributed by atoms with E-state index in [1.165, 1.54) is 11.2 Å². The molecule has 0 spiro atoms. The number of hydrogen-bond acceptors (Lipinski definition) is 3. The number of rotatable bonds is 6. The van der Waals surface area contributed by atoms with Crippen LogP contribution < -0.4 is 5.32 Å². The van der Waals surface area contributed by atoms with E-state index in [2.05, 4.69) is 5.32 Å². The van der Waals surface area contributed by atoms with E-state index in [-0.39, 0.29) is 24.1 Å². The zero-order valence-corrected chi connectivity index (χ0v) is 14.9. The first-order valence-electron chi connectivity index (χ1n) is 7.50. The lowest BCUT2D eigenvalue weighted by atomic mass is 10.2. The van der Waals surface area contributed by atoms with E-state index in [9.17, 15) is 9.59 Å². The second kappa shape index (κ2) is 8.22. The molecule has 24 heavy (non-hydrogen) atoms. The van der Waals surface area contributed by atoms with E-state index in [0.717, 1.165) is 12.0 Å². The summed E-state index contributed by atoms with van der Waals surface area (Å²) in [5, 5.41) is 3.51. The Morgan fingerprint density at radius 1 is 1.25 bits per heavy atom. The average Bonchev–Trinajstić information content (AvgIpc) is 2.95. The number of anilines is 1. The minimum absolute atomic E-state index is 0.0915. The fraction of sp³-hybridized carbons (Fsp3) is 0.294. The maximum absolute atomic E-state index is 12.5. The number of nitrogens with one attached hydrogen (secondary N) is 1. The number of halogens is 2. The smallest absolute Gasteiger partial charge is 0.290 e. The van der Waals surface area contributed by atoms with Crippen molar-refractivity contribution in [3.8, 4) is 0 Å². The Morgan fingerprint density at radius 3 is 2.58 bits per heavy atom. The van der Waals surface area contributed by atoms with Gasteiger partial charge in [0.05, 0.1) is 17.0 Å². The van der Waals surface area contributed by atoms with Crippen molar-refractivity contribution in [2.75, 3.05) is 18.4 Å². The molecular formula is C17H18Cl2N2O3. The van der Waals surface area contributed by atoms with Crippen LogP contribution in [0.25, 0.3) is 0 Å². The molecule has 128 valence electrons. The molecule has 0 unspecified atom stereocenters. The Morgan fingerprint density at radius 2 is 2.00 bits per heavy atom. The van der Waals surface area contributed by atoms with E-state index in [0.29, 0.717) is 22.3 Å². The molecule has 0 fully saturated rings. The van der Waals surface area contributed by atoms with Gasteiger partial charge in [-0.25, -0.2) is 0 Å². The van der Waals surface area contributed by atoms with E-state index < -0.39 is 0 Å². The van der Waals surface area contributed by atoms with Crippen molar-refractivity contribution < 1.29 is 14.0 Å². The molecule has 0 saturated heterocycles. The topological polar surface area (TPSA) is 62.6 Å². The Labute approximate surface area is 150 Å². The zero-order valence-electron chi connectivity index (χ0n) is 13.4. The molecule has 1 N–H and O–H groups in total. The molecule has 2 rings (SSSR count). The van der Waals surface area contributed by atoms with Crippen molar-refractivity contribution in [3.63, 3.8) is 0 Å². The molecule has 0 radical (unpaired) electrons. The standard InChI is InChI=1S/C17H18Cl2N2O3/c1-3-7-21(17(23)16-11(2)6-8-24-16)10-15(22)20-14-5-4-12(18)9-13(14)19/h4-6,8-9H,3,7,10H2,1-2H3,(H,20,22). The maximum atomic E-state index is 12.5. The van der Waals surface area contributed by atoms with Gasteiger partial charge >= 0.3 is 0 Å². The highest BCUT2D eigenvalue weighted by molar-refractivity contribution is 6.36. The Balaban J connectivity index is 2.08. The Hall–Kier alpha value is -1.98. The molecule has 1 heterocycles. The van der Waals surface area contributed by atoms with Crippen LogP contribution in [0.3, 0.4) is 0 Å². The van der Waals surface area contributed by atoms with Gasteiger partial charge in [0, 0.05) is 17.1 Å². The van der Waals surface area contributed by atoms with Gasteiger partial charge in [0.15, 0.2) is 5.76 Å². The predicted molar refractivity (Wildman–Crippen MR) is 94.7 cm³/mol. The largest absolute Gasteiger partial charge is 0.459 e. The third-order valence-electron chi connectivity index (χ3n) is 3.38. The molecule has 5 nitrogen and oxygen atoms in total. The first-order chi connectivity index (χ1) is 11.4. The van der Waals surface area contributed by atoms with Crippen LogP contribution in [0.4, 0.5) is 5.69 Å². The lowest BCUT2D eigenvalue weighted by Crippen LogP contribution is -2.38. The van der Waals surface area contributed by atoms with Gasteiger partial charge in [0.25, 0.3) is 5.91 Å². The maximum Gasteiger partial charge on any atom is 0.290 e. The number of amides is 2. The third-order valence-corrected chi connectivity index (χ3v) is 3.92. The van der Waals surface area contributed by atoms with Crippen LogP contribution in [0.2, 0.25) is 10.0 Å². The minimum Gasteiger partial charge on any atom is -0.459 e. The normalized spacial score (nSPS) is 10.5. The third kappa shape index (κ3) is 4.52. The SMILES string of the molecule is CCCN(CC(=O)Nc1ccc(Cl)cc1Cl)C(=O)c1occc1C. The summed E-state index contributed by atoms with van der Waals surface area (Å²) in [5.74, 6) is -0.400. The monoisotopic (exact) mass is 368 g/mol. The number of benzene rings is 1. The summed E-state index contributed by atoms with van der Waals surface area (Å²) in [7, 11) is 0. The first-order valence-corrected chi connectivity index (χ1v) is 8.26. The van der Waals surface area contributed by atoms with Gasteiger partial charge in [-0.05, 0) is 37.6 Å². The summed E-state index contributed by atoms with van der Waals surface area (Å²) in [4.78, 5) is 26.2. The number of carbonyl (C=O) groups excluding carboxylic acids is 2. The van der Waals surface area contributed by atoms with Crippen molar-refractivity contribution in [2.45, 2.75) is 20.3 Å². The number of nitrogens with zero attached hydrogens (tertiary/aromatic N) is 1. The van der Waals surface area contributed by atoms with Gasteiger partial charge in [-0.15, -0.1) is 0 Å². The van der Waals surface area contributed by atoms with Crippen LogP contribution in [0.15, 0.2) is 34.9 Å². The highest BCUT2D eigenvalue weighted by Gasteiger charge is 2.22. The lowest BCUT2D eigenvalue weighted by Gasteiger charge is -2.21. The van der Waals surface area contributed by atoms with Gasteiger partial charge in [-0.3, -0.25) is 9.59 Å². The van der Waals surface area contributed by atoms with Gasteiger partial charge < -0.3 is 14.6 Å². The molecule has 1 aromatic heterocycles. The molecule has 7 heteroatoms. The Kier molecular flexibility index (Phi) is 6.29. The van der Waals surface area contributed by atoms with Crippen LogP contribution in [-0.2, 0) is 4.79 Å². The van der Waals surface area contributed by atoms with Crippen LogP contribution >= 0.6 is 23.2 Å². The summed E-state index contributed by atoms with van der Waals surface area (Å²) >= 11 is 11.9. The van der Waals surface area contributed by atoms with Gasteiger partial charge in [0.1, 0.15) is 6.54 Å². The first kappa shape index (κ1) is 18.4. The molecule has 0 bridgehead atoms. The zero-order chi connectivity index (χ0) is 17.7. The van der Waals surface area contributed by atoms with E-state index in [4.69, 9.17) is 27.6 Å². The van der Waals surface area contributed by atoms with E-state index >= 15 is 0 Å².